The smallest absolute Gasteiger partial charge is 0.252 e. The lowest BCUT2D eigenvalue weighted by atomic mass is 10.1. The van der Waals surface area contributed by atoms with Crippen LogP contribution in [0.15, 0.2) is 16.3 Å². The zero-order valence-electron chi connectivity index (χ0n) is 13.1. The minimum Gasteiger partial charge on any atom is -0.310 e. The van der Waals surface area contributed by atoms with E-state index in [4.69, 9.17) is 0 Å². The lowest BCUT2D eigenvalue weighted by Crippen LogP contribution is -2.30. The lowest BCUT2D eigenvalue weighted by Gasteiger charge is -2.19. The lowest BCUT2D eigenvalue weighted by molar-refractivity contribution is 0.388. The highest BCUT2D eigenvalue weighted by molar-refractivity contribution is 7.91. The molecule has 4 nitrogen and oxygen atoms in total. The normalized spacial score (nSPS) is 17.2. The number of rotatable bonds is 7. The summed E-state index contributed by atoms with van der Waals surface area (Å²) in [6.07, 6.45) is 4.80. The third-order valence-corrected chi connectivity index (χ3v) is 7.35. The van der Waals surface area contributed by atoms with Gasteiger partial charge in [-0.05, 0) is 30.9 Å². The Kier molecular flexibility index (Phi) is 5.82. The van der Waals surface area contributed by atoms with Crippen molar-refractivity contribution in [3.63, 3.8) is 0 Å². The van der Waals surface area contributed by atoms with Crippen molar-refractivity contribution >= 4 is 21.4 Å². The number of nitrogens with one attached hydrogen (secondary N) is 1. The molecule has 2 rings (SSSR count). The molecule has 1 aromatic rings. The van der Waals surface area contributed by atoms with E-state index >= 15 is 0 Å². The van der Waals surface area contributed by atoms with Crippen molar-refractivity contribution in [2.45, 2.75) is 56.3 Å². The van der Waals surface area contributed by atoms with Crippen LogP contribution < -0.4 is 5.32 Å². The number of thiophene rings is 1. The van der Waals surface area contributed by atoms with Gasteiger partial charge in [-0.1, -0.05) is 26.7 Å². The molecule has 1 heterocycles. The Morgan fingerprint density at radius 3 is 2.62 bits per heavy atom. The first-order valence-electron chi connectivity index (χ1n) is 7.68. The van der Waals surface area contributed by atoms with E-state index in [0.29, 0.717) is 22.7 Å². The van der Waals surface area contributed by atoms with Gasteiger partial charge < -0.3 is 5.32 Å². The van der Waals surface area contributed by atoms with Gasteiger partial charge in [-0.25, -0.2) is 8.42 Å². The van der Waals surface area contributed by atoms with Gasteiger partial charge in [-0.15, -0.1) is 11.3 Å². The Balaban J connectivity index is 2.00. The summed E-state index contributed by atoms with van der Waals surface area (Å²) < 4.78 is 27.2. The van der Waals surface area contributed by atoms with Crippen LogP contribution >= 0.6 is 11.3 Å². The van der Waals surface area contributed by atoms with Crippen LogP contribution in [0.1, 0.15) is 44.4 Å². The molecule has 1 aliphatic rings. The minimum atomic E-state index is -3.32. The van der Waals surface area contributed by atoms with Crippen molar-refractivity contribution in [1.82, 2.24) is 9.62 Å². The molecule has 1 fully saturated rings. The van der Waals surface area contributed by atoms with Gasteiger partial charge in [0.25, 0.3) is 10.0 Å². The van der Waals surface area contributed by atoms with Crippen LogP contribution in [0.4, 0.5) is 0 Å². The second kappa shape index (κ2) is 7.22. The van der Waals surface area contributed by atoms with E-state index in [-0.39, 0.29) is 0 Å². The van der Waals surface area contributed by atoms with Gasteiger partial charge in [-0.2, -0.15) is 4.31 Å². The van der Waals surface area contributed by atoms with Crippen molar-refractivity contribution in [3.05, 3.63) is 17.0 Å². The molecule has 0 radical (unpaired) electrons. The van der Waals surface area contributed by atoms with Gasteiger partial charge in [0, 0.05) is 31.1 Å². The highest BCUT2D eigenvalue weighted by Gasteiger charge is 2.26. The fraction of sp³-hybridized carbons (Fsp3) is 0.733. The highest BCUT2D eigenvalue weighted by Crippen LogP contribution is 2.29. The molecule has 0 amide bonds. The summed E-state index contributed by atoms with van der Waals surface area (Å²) in [6.45, 7) is 5.55. The van der Waals surface area contributed by atoms with E-state index in [0.717, 1.165) is 24.3 Å². The minimum absolute atomic E-state index is 0.400. The molecule has 1 aliphatic carbocycles. The Morgan fingerprint density at radius 1 is 1.33 bits per heavy atom. The molecule has 0 atom stereocenters. The molecule has 0 aliphatic heterocycles. The quantitative estimate of drug-likeness (QED) is 0.836. The van der Waals surface area contributed by atoms with Crippen molar-refractivity contribution in [3.8, 4) is 0 Å². The average Bonchev–Trinajstić information content (AvgIpc) is 3.07. The molecule has 0 bridgehead atoms. The van der Waals surface area contributed by atoms with E-state index < -0.39 is 10.0 Å². The Bertz CT molecular complexity index is 546. The van der Waals surface area contributed by atoms with Crippen LogP contribution in [0.3, 0.4) is 0 Å². The molecular weight excluding hydrogens is 304 g/mol. The van der Waals surface area contributed by atoms with Gasteiger partial charge in [0.1, 0.15) is 4.21 Å². The maximum Gasteiger partial charge on any atom is 0.252 e. The van der Waals surface area contributed by atoms with Gasteiger partial charge in [0.05, 0.1) is 0 Å². The third kappa shape index (κ3) is 4.52. The molecule has 6 heteroatoms. The zero-order valence-corrected chi connectivity index (χ0v) is 14.8. The largest absolute Gasteiger partial charge is 0.310 e. The van der Waals surface area contributed by atoms with Gasteiger partial charge >= 0.3 is 0 Å². The Morgan fingerprint density at radius 2 is 2.00 bits per heavy atom. The second-order valence-electron chi connectivity index (χ2n) is 6.19. The molecule has 0 aromatic carbocycles. The monoisotopic (exact) mass is 330 g/mol. The number of nitrogens with zero attached hydrogens (tertiary/aromatic N) is 1. The van der Waals surface area contributed by atoms with Crippen molar-refractivity contribution in [2.75, 3.05) is 13.6 Å². The Labute approximate surface area is 132 Å². The SMILES string of the molecule is CC(C)NCc1ccc(S(=O)(=O)N(C)CC2CCCC2)s1. The third-order valence-electron chi connectivity index (χ3n) is 3.98. The predicted octanol–water partition coefficient (Wildman–Crippen LogP) is 3.06. The van der Waals surface area contributed by atoms with Crippen molar-refractivity contribution in [1.29, 1.82) is 0 Å². The van der Waals surface area contributed by atoms with E-state index in [1.165, 1.54) is 28.5 Å². The standard InChI is InChI=1S/C15H26N2O2S2/c1-12(2)16-10-14-8-9-15(20-14)21(18,19)17(3)11-13-6-4-5-7-13/h8-9,12-13,16H,4-7,10-11H2,1-3H3. The zero-order chi connectivity index (χ0) is 15.5. The van der Waals surface area contributed by atoms with Gasteiger partial charge in [0.15, 0.2) is 0 Å². The number of hydrogen-bond donors (Lipinski definition) is 1. The average molecular weight is 331 g/mol. The van der Waals surface area contributed by atoms with E-state index in [2.05, 4.69) is 19.2 Å². The maximum atomic E-state index is 12.6. The fourth-order valence-electron chi connectivity index (χ4n) is 2.70. The number of sulfonamides is 1. The molecule has 1 N–H and O–H groups in total. The molecular formula is C15H26N2O2S2. The first-order chi connectivity index (χ1) is 9.89. The summed E-state index contributed by atoms with van der Waals surface area (Å²) in [5, 5.41) is 3.32. The fourth-order valence-corrected chi connectivity index (χ4v) is 5.47. The van der Waals surface area contributed by atoms with Gasteiger partial charge in [0.2, 0.25) is 0 Å². The molecule has 21 heavy (non-hydrogen) atoms. The van der Waals surface area contributed by atoms with Crippen LogP contribution in [0, 0.1) is 5.92 Å². The molecule has 1 aromatic heterocycles. The van der Waals surface area contributed by atoms with Crippen LogP contribution in [0.5, 0.6) is 0 Å². The van der Waals surface area contributed by atoms with Crippen LogP contribution in [-0.4, -0.2) is 32.4 Å². The summed E-state index contributed by atoms with van der Waals surface area (Å²) in [4.78, 5) is 1.07. The molecule has 1 saturated carbocycles. The summed E-state index contributed by atoms with van der Waals surface area (Å²) in [7, 11) is -1.61. The molecule has 0 saturated heterocycles. The number of hydrogen-bond acceptors (Lipinski definition) is 4. The van der Waals surface area contributed by atoms with E-state index in [1.54, 1.807) is 13.1 Å². The van der Waals surface area contributed by atoms with Crippen molar-refractivity contribution < 1.29 is 8.42 Å². The maximum absolute atomic E-state index is 12.6. The highest BCUT2D eigenvalue weighted by atomic mass is 32.2. The van der Waals surface area contributed by atoms with Crippen LogP contribution in [0.2, 0.25) is 0 Å². The molecule has 0 spiro atoms. The first kappa shape index (κ1) is 16.9. The first-order valence-corrected chi connectivity index (χ1v) is 9.93. The molecule has 0 unspecified atom stereocenters. The summed E-state index contributed by atoms with van der Waals surface area (Å²) in [5.74, 6) is 0.534. The van der Waals surface area contributed by atoms with E-state index in [1.807, 2.05) is 6.07 Å². The van der Waals surface area contributed by atoms with Crippen LogP contribution in [0.25, 0.3) is 0 Å². The topological polar surface area (TPSA) is 49.4 Å². The molecule has 120 valence electrons. The van der Waals surface area contributed by atoms with Crippen molar-refractivity contribution in [2.24, 2.45) is 5.92 Å². The second-order valence-corrected chi connectivity index (χ2v) is 9.63. The summed E-state index contributed by atoms with van der Waals surface area (Å²) in [6, 6.07) is 4.05. The Hall–Kier alpha value is -0.430. The summed E-state index contributed by atoms with van der Waals surface area (Å²) >= 11 is 1.38. The van der Waals surface area contributed by atoms with Gasteiger partial charge in [-0.3, -0.25) is 0 Å². The summed E-state index contributed by atoms with van der Waals surface area (Å²) in [5.41, 5.74) is 0. The van der Waals surface area contributed by atoms with E-state index in [9.17, 15) is 8.42 Å². The van der Waals surface area contributed by atoms with Crippen LogP contribution in [-0.2, 0) is 16.6 Å². The predicted molar refractivity (Wildman–Crippen MR) is 88.1 cm³/mol.